The first kappa shape index (κ1) is 21.0. The van der Waals surface area contributed by atoms with Crippen LogP contribution in [0.3, 0.4) is 0 Å². The van der Waals surface area contributed by atoms with Crippen molar-refractivity contribution in [3.8, 4) is 22.1 Å². The summed E-state index contributed by atoms with van der Waals surface area (Å²) in [7, 11) is 3.13. The molecule has 0 amide bonds. The molecule has 158 valence electrons. The van der Waals surface area contributed by atoms with Crippen molar-refractivity contribution in [3.05, 3.63) is 71.0 Å². The summed E-state index contributed by atoms with van der Waals surface area (Å²) in [5, 5.41) is 10.6. The number of fused-ring (bicyclic) bond motifs is 1. The minimum Gasteiger partial charge on any atom is -0.493 e. The highest BCUT2D eigenvalue weighted by molar-refractivity contribution is 7.21. The van der Waals surface area contributed by atoms with Crippen LogP contribution in [0.5, 0.6) is 11.5 Å². The SMILES string of the molecule is COc1cc(C(=O)Cc2cc(CO)cc(-c3nc4ccncc4s3)c2)cc(C)c1OC. The van der Waals surface area contributed by atoms with Gasteiger partial charge < -0.3 is 14.6 Å². The average Bonchev–Trinajstić information content (AvgIpc) is 3.22. The lowest BCUT2D eigenvalue weighted by atomic mass is 9.98. The van der Waals surface area contributed by atoms with Gasteiger partial charge in [0.05, 0.1) is 31.0 Å². The number of aliphatic hydroxyl groups is 1. The van der Waals surface area contributed by atoms with E-state index in [1.165, 1.54) is 11.3 Å². The van der Waals surface area contributed by atoms with E-state index in [9.17, 15) is 9.90 Å². The van der Waals surface area contributed by atoms with Gasteiger partial charge in [0, 0.05) is 29.9 Å². The van der Waals surface area contributed by atoms with Gasteiger partial charge in [-0.2, -0.15) is 0 Å². The molecular weight excluding hydrogens is 412 g/mol. The summed E-state index contributed by atoms with van der Waals surface area (Å²) < 4.78 is 11.7. The molecule has 0 bridgehead atoms. The van der Waals surface area contributed by atoms with E-state index in [1.54, 1.807) is 38.7 Å². The molecule has 7 heteroatoms. The summed E-state index contributed by atoms with van der Waals surface area (Å²) in [6.07, 6.45) is 3.70. The Hall–Kier alpha value is -3.29. The summed E-state index contributed by atoms with van der Waals surface area (Å²) in [6.45, 7) is 1.77. The van der Waals surface area contributed by atoms with E-state index in [1.807, 2.05) is 31.2 Å². The Morgan fingerprint density at radius 3 is 2.61 bits per heavy atom. The van der Waals surface area contributed by atoms with Gasteiger partial charge in [-0.15, -0.1) is 11.3 Å². The van der Waals surface area contributed by atoms with Crippen molar-refractivity contribution in [3.63, 3.8) is 0 Å². The maximum Gasteiger partial charge on any atom is 0.167 e. The van der Waals surface area contributed by atoms with E-state index in [4.69, 9.17) is 9.47 Å². The van der Waals surface area contributed by atoms with Crippen LogP contribution in [0, 0.1) is 6.92 Å². The Balaban J connectivity index is 1.68. The van der Waals surface area contributed by atoms with Crippen LogP contribution < -0.4 is 9.47 Å². The fraction of sp³-hybridized carbons (Fsp3) is 0.208. The van der Waals surface area contributed by atoms with Crippen LogP contribution in [0.1, 0.15) is 27.0 Å². The molecule has 0 saturated heterocycles. The van der Waals surface area contributed by atoms with Gasteiger partial charge in [-0.25, -0.2) is 4.98 Å². The number of carbonyl (C=O) groups is 1. The molecule has 0 aliphatic carbocycles. The molecule has 1 N–H and O–H groups in total. The lowest BCUT2D eigenvalue weighted by Gasteiger charge is -2.13. The molecule has 0 aliphatic heterocycles. The monoisotopic (exact) mass is 434 g/mol. The first-order valence-electron chi connectivity index (χ1n) is 9.73. The van der Waals surface area contributed by atoms with E-state index in [-0.39, 0.29) is 18.8 Å². The minimum atomic E-state index is -0.114. The number of aryl methyl sites for hydroxylation is 1. The highest BCUT2D eigenvalue weighted by Gasteiger charge is 2.16. The van der Waals surface area contributed by atoms with E-state index in [2.05, 4.69) is 9.97 Å². The summed E-state index contributed by atoms with van der Waals surface area (Å²) in [5.74, 6) is 1.10. The van der Waals surface area contributed by atoms with E-state index in [0.29, 0.717) is 17.1 Å². The number of thiazole rings is 1. The van der Waals surface area contributed by atoms with E-state index >= 15 is 0 Å². The molecule has 6 nitrogen and oxygen atoms in total. The first-order chi connectivity index (χ1) is 15.0. The Morgan fingerprint density at radius 1 is 1.10 bits per heavy atom. The number of Topliss-reactive ketones (excluding diaryl/α,β-unsaturated/α-hetero) is 1. The van der Waals surface area contributed by atoms with Crippen molar-refractivity contribution < 1.29 is 19.4 Å². The maximum atomic E-state index is 13.0. The average molecular weight is 435 g/mol. The maximum absolute atomic E-state index is 13.0. The van der Waals surface area contributed by atoms with Gasteiger partial charge in [0.1, 0.15) is 5.01 Å². The predicted molar refractivity (Wildman–Crippen MR) is 121 cm³/mol. The third kappa shape index (κ3) is 4.28. The Labute approximate surface area is 184 Å². The molecule has 0 radical (unpaired) electrons. The van der Waals surface area contributed by atoms with Crippen LogP contribution in [-0.4, -0.2) is 35.1 Å². The number of benzene rings is 2. The van der Waals surface area contributed by atoms with Crippen molar-refractivity contribution in [2.45, 2.75) is 20.0 Å². The van der Waals surface area contributed by atoms with Crippen molar-refractivity contribution >= 4 is 27.3 Å². The number of aliphatic hydroxyl groups excluding tert-OH is 1. The highest BCUT2D eigenvalue weighted by atomic mass is 32.1. The largest absolute Gasteiger partial charge is 0.493 e. The molecule has 0 spiro atoms. The van der Waals surface area contributed by atoms with Gasteiger partial charge in [0.25, 0.3) is 0 Å². The second-order valence-corrected chi connectivity index (χ2v) is 8.22. The molecule has 4 aromatic rings. The van der Waals surface area contributed by atoms with Gasteiger partial charge >= 0.3 is 0 Å². The number of nitrogens with zero attached hydrogens (tertiary/aromatic N) is 2. The van der Waals surface area contributed by atoms with Gasteiger partial charge in [-0.05, 0) is 53.9 Å². The molecule has 0 fully saturated rings. The van der Waals surface area contributed by atoms with Crippen LogP contribution >= 0.6 is 11.3 Å². The van der Waals surface area contributed by atoms with Gasteiger partial charge in [-0.1, -0.05) is 6.07 Å². The second-order valence-electron chi connectivity index (χ2n) is 7.19. The minimum absolute atomic E-state index is 0.0430. The molecule has 2 heterocycles. The topological polar surface area (TPSA) is 81.5 Å². The number of hydrogen-bond acceptors (Lipinski definition) is 7. The number of rotatable bonds is 7. The normalized spacial score (nSPS) is 11.0. The third-order valence-electron chi connectivity index (χ3n) is 5.02. The van der Waals surface area contributed by atoms with Crippen LogP contribution in [0.2, 0.25) is 0 Å². The molecule has 2 aromatic carbocycles. The number of aromatic nitrogens is 2. The van der Waals surface area contributed by atoms with Crippen LogP contribution in [0.15, 0.2) is 48.8 Å². The van der Waals surface area contributed by atoms with E-state index < -0.39 is 0 Å². The number of pyridine rings is 1. The van der Waals surface area contributed by atoms with Gasteiger partial charge in [0.2, 0.25) is 0 Å². The number of carbonyl (C=O) groups excluding carboxylic acids is 1. The van der Waals surface area contributed by atoms with Crippen LogP contribution in [0.4, 0.5) is 0 Å². The zero-order chi connectivity index (χ0) is 22.0. The molecular formula is C24H22N2O4S. The quantitative estimate of drug-likeness (QED) is 0.428. The lowest BCUT2D eigenvalue weighted by molar-refractivity contribution is 0.0992. The van der Waals surface area contributed by atoms with Crippen LogP contribution in [-0.2, 0) is 13.0 Å². The lowest BCUT2D eigenvalue weighted by Crippen LogP contribution is -2.06. The van der Waals surface area contributed by atoms with E-state index in [0.717, 1.165) is 37.5 Å². The number of ether oxygens (including phenoxy) is 2. The zero-order valence-electron chi connectivity index (χ0n) is 17.5. The smallest absolute Gasteiger partial charge is 0.167 e. The van der Waals surface area contributed by atoms with Crippen molar-refractivity contribution in [2.24, 2.45) is 0 Å². The highest BCUT2D eigenvalue weighted by Crippen LogP contribution is 2.33. The fourth-order valence-electron chi connectivity index (χ4n) is 3.59. The third-order valence-corrected chi connectivity index (χ3v) is 6.08. The molecule has 0 atom stereocenters. The van der Waals surface area contributed by atoms with Crippen molar-refractivity contribution in [1.82, 2.24) is 9.97 Å². The van der Waals surface area contributed by atoms with Crippen molar-refractivity contribution in [2.75, 3.05) is 14.2 Å². The standard InChI is InChI=1S/C24H22N2O4S/c1-14-6-17(11-21(29-2)23(14)30-3)20(28)10-15-7-16(13-27)9-18(8-15)24-26-19-4-5-25-12-22(19)31-24/h4-9,11-12,27H,10,13H2,1-3H3. The Morgan fingerprint density at radius 2 is 1.90 bits per heavy atom. The zero-order valence-corrected chi connectivity index (χ0v) is 18.3. The molecule has 4 rings (SSSR count). The number of hydrogen-bond donors (Lipinski definition) is 1. The summed E-state index contributed by atoms with van der Waals surface area (Å²) in [6, 6.07) is 11.1. The molecule has 0 saturated carbocycles. The first-order valence-corrected chi connectivity index (χ1v) is 10.5. The van der Waals surface area contributed by atoms with Gasteiger partial charge in [0.15, 0.2) is 17.3 Å². The number of methoxy groups -OCH3 is 2. The Bertz CT molecular complexity index is 1230. The molecule has 0 unspecified atom stereocenters. The molecule has 31 heavy (non-hydrogen) atoms. The molecule has 2 aromatic heterocycles. The second kappa shape index (κ2) is 8.83. The van der Waals surface area contributed by atoms with Crippen LogP contribution in [0.25, 0.3) is 20.8 Å². The summed E-state index contributed by atoms with van der Waals surface area (Å²) in [5.41, 5.74) is 4.69. The summed E-state index contributed by atoms with van der Waals surface area (Å²) in [4.78, 5) is 21.9. The fourth-order valence-corrected chi connectivity index (χ4v) is 4.51. The molecule has 0 aliphatic rings. The number of ketones is 1. The summed E-state index contributed by atoms with van der Waals surface area (Å²) >= 11 is 1.53. The Kier molecular flexibility index (Phi) is 5.97. The van der Waals surface area contributed by atoms with Gasteiger partial charge in [-0.3, -0.25) is 9.78 Å². The predicted octanol–water partition coefficient (Wildman–Crippen LogP) is 4.60. The van der Waals surface area contributed by atoms with Crippen molar-refractivity contribution in [1.29, 1.82) is 0 Å².